The van der Waals surface area contributed by atoms with Gasteiger partial charge in [-0.05, 0) is 25.1 Å². The van der Waals surface area contributed by atoms with Crippen LogP contribution in [0, 0.1) is 0 Å². The number of nitrogens with one attached hydrogen (secondary N) is 2. The van der Waals surface area contributed by atoms with Gasteiger partial charge in [0.15, 0.2) is 11.5 Å². The van der Waals surface area contributed by atoms with Crippen molar-refractivity contribution in [1.29, 1.82) is 0 Å². The Bertz CT molecular complexity index is 1210. The minimum absolute atomic E-state index is 0.342. The normalized spacial score (nSPS) is 15.0. The standard InChI is InChI=1S/C22H22ClN5O4/c1-12-19(21(29)27-15-8-6-5-7-14(15)23)20(28-22(26-12)24-11-25-28)13-9-17(31-3)18(32-4)10-16(13)30-2/h5-11,20H,1-4H3,(H,27,29)(H,24,25,26). The summed E-state index contributed by atoms with van der Waals surface area (Å²) in [6, 6.07) is 9.88. The van der Waals surface area contributed by atoms with Crippen LogP contribution in [0.25, 0.3) is 0 Å². The van der Waals surface area contributed by atoms with Gasteiger partial charge in [0, 0.05) is 17.3 Å². The maximum Gasteiger partial charge on any atom is 0.255 e. The molecule has 1 unspecified atom stereocenters. The first-order valence-electron chi connectivity index (χ1n) is 9.71. The van der Waals surface area contributed by atoms with Gasteiger partial charge in [-0.2, -0.15) is 10.1 Å². The lowest BCUT2D eigenvalue weighted by atomic mass is 9.93. The van der Waals surface area contributed by atoms with Crippen LogP contribution >= 0.6 is 11.6 Å². The van der Waals surface area contributed by atoms with Gasteiger partial charge in [-0.1, -0.05) is 23.7 Å². The number of rotatable bonds is 6. The van der Waals surface area contributed by atoms with E-state index in [1.54, 1.807) is 69.3 Å². The van der Waals surface area contributed by atoms with Crippen LogP contribution in [0.15, 0.2) is 54.0 Å². The summed E-state index contributed by atoms with van der Waals surface area (Å²) in [6.07, 6.45) is 1.42. The van der Waals surface area contributed by atoms with Crippen LogP contribution in [0.3, 0.4) is 0 Å². The van der Waals surface area contributed by atoms with Crippen LogP contribution in [-0.4, -0.2) is 42.0 Å². The van der Waals surface area contributed by atoms with Gasteiger partial charge in [-0.15, -0.1) is 0 Å². The van der Waals surface area contributed by atoms with Gasteiger partial charge in [0.25, 0.3) is 5.91 Å². The molecule has 3 aromatic rings. The Morgan fingerprint density at radius 1 is 1.09 bits per heavy atom. The number of benzene rings is 2. The fraction of sp³-hybridized carbons (Fsp3) is 0.227. The Morgan fingerprint density at radius 2 is 1.78 bits per heavy atom. The number of halogens is 1. The number of carbonyl (C=O) groups excluding carboxylic acids is 1. The number of methoxy groups -OCH3 is 3. The van der Waals surface area contributed by atoms with E-state index in [4.69, 9.17) is 25.8 Å². The fourth-order valence-corrected chi connectivity index (χ4v) is 3.87. The zero-order valence-electron chi connectivity index (χ0n) is 18.0. The Morgan fingerprint density at radius 3 is 2.47 bits per heavy atom. The van der Waals surface area contributed by atoms with Crippen molar-refractivity contribution in [3.05, 3.63) is 64.6 Å². The van der Waals surface area contributed by atoms with Crippen molar-refractivity contribution in [1.82, 2.24) is 14.8 Å². The molecule has 2 heterocycles. The van der Waals surface area contributed by atoms with E-state index in [2.05, 4.69) is 20.7 Å². The third kappa shape index (κ3) is 3.71. The lowest BCUT2D eigenvalue weighted by Gasteiger charge is -2.30. The minimum Gasteiger partial charge on any atom is -0.496 e. The second-order valence-corrected chi connectivity index (χ2v) is 7.38. The number of amides is 1. The van der Waals surface area contributed by atoms with Gasteiger partial charge in [0.1, 0.15) is 18.1 Å². The molecular formula is C22H22ClN5O4. The van der Waals surface area contributed by atoms with Crippen molar-refractivity contribution < 1.29 is 19.0 Å². The number of anilines is 2. The molecule has 0 spiro atoms. The number of hydrogen-bond acceptors (Lipinski definition) is 7. The molecule has 0 fully saturated rings. The summed E-state index contributed by atoms with van der Waals surface area (Å²) in [5.41, 5.74) is 2.20. The van der Waals surface area contributed by atoms with Crippen LogP contribution in [0.4, 0.5) is 11.6 Å². The highest BCUT2D eigenvalue weighted by Gasteiger charge is 2.36. The molecule has 2 aromatic carbocycles. The molecule has 1 atom stereocenters. The van der Waals surface area contributed by atoms with Gasteiger partial charge in [-0.25, -0.2) is 4.68 Å². The van der Waals surface area contributed by atoms with Crippen molar-refractivity contribution in [2.75, 3.05) is 32.0 Å². The van der Waals surface area contributed by atoms with E-state index >= 15 is 0 Å². The first-order valence-corrected chi connectivity index (χ1v) is 10.1. The van der Waals surface area contributed by atoms with Gasteiger partial charge >= 0.3 is 0 Å². The Hall–Kier alpha value is -3.72. The highest BCUT2D eigenvalue weighted by molar-refractivity contribution is 6.33. The summed E-state index contributed by atoms with van der Waals surface area (Å²) in [5.74, 6) is 1.66. The Kier molecular flexibility index (Phi) is 5.91. The van der Waals surface area contributed by atoms with Crippen LogP contribution < -0.4 is 24.8 Å². The third-order valence-electron chi connectivity index (χ3n) is 5.19. The van der Waals surface area contributed by atoms with Crippen molar-refractivity contribution in [2.24, 2.45) is 0 Å². The van der Waals surface area contributed by atoms with E-state index in [0.29, 0.717) is 50.7 Å². The highest BCUT2D eigenvalue weighted by Crippen LogP contribution is 2.44. The first kappa shape index (κ1) is 21.5. The number of nitrogens with zero attached hydrogens (tertiary/aromatic N) is 3. The van der Waals surface area contributed by atoms with E-state index in [1.807, 2.05) is 0 Å². The van der Waals surface area contributed by atoms with Crippen LogP contribution in [0.2, 0.25) is 5.02 Å². The fourth-order valence-electron chi connectivity index (χ4n) is 3.69. The smallest absolute Gasteiger partial charge is 0.255 e. The monoisotopic (exact) mass is 455 g/mol. The molecule has 0 saturated carbocycles. The second kappa shape index (κ2) is 8.80. The summed E-state index contributed by atoms with van der Waals surface area (Å²) < 4.78 is 18.2. The van der Waals surface area contributed by atoms with E-state index in [-0.39, 0.29) is 5.91 Å². The number of ether oxygens (including phenoxy) is 3. The lowest BCUT2D eigenvalue weighted by Crippen LogP contribution is -2.31. The number of carbonyl (C=O) groups is 1. The number of fused-ring (bicyclic) bond motifs is 1. The molecule has 0 saturated heterocycles. The molecule has 1 aliphatic heterocycles. The molecule has 0 aliphatic carbocycles. The van der Waals surface area contributed by atoms with Crippen LogP contribution in [0.5, 0.6) is 17.2 Å². The molecule has 9 nitrogen and oxygen atoms in total. The molecule has 1 amide bonds. The van der Waals surface area contributed by atoms with Crippen molar-refractivity contribution >= 4 is 29.1 Å². The average molecular weight is 456 g/mol. The van der Waals surface area contributed by atoms with Crippen LogP contribution in [-0.2, 0) is 4.79 Å². The van der Waals surface area contributed by atoms with E-state index in [0.717, 1.165) is 0 Å². The summed E-state index contributed by atoms with van der Waals surface area (Å²) in [5, 5.41) is 10.8. The lowest BCUT2D eigenvalue weighted by molar-refractivity contribution is -0.113. The predicted molar refractivity (Wildman–Crippen MR) is 121 cm³/mol. The highest BCUT2D eigenvalue weighted by atomic mass is 35.5. The van der Waals surface area contributed by atoms with Crippen molar-refractivity contribution in [3.8, 4) is 17.2 Å². The van der Waals surface area contributed by atoms with Gasteiger partial charge in [0.05, 0.1) is 37.6 Å². The molecule has 0 bridgehead atoms. The summed E-state index contributed by atoms with van der Waals surface area (Å²) in [6.45, 7) is 1.81. The zero-order valence-corrected chi connectivity index (χ0v) is 18.7. The number of hydrogen-bond donors (Lipinski definition) is 2. The largest absolute Gasteiger partial charge is 0.496 e. The predicted octanol–water partition coefficient (Wildman–Crippen LogP) is 3.88. The molecule has 4 rings (SSSR count). The number of aromatic nitrogens is 3. The summed E-state index contributed by atoms with van der Waals surface area (Å²) >= 11 is 6.26. The SMILES string of the molecule is COc1cc(OC)c(C2C(C(=O)Nc3ccccc3Cl)=C(C)Nc3ncnn32)cc1OC. The minimum atomic E-state index is -0.647. The second-order valence-electron chi connectivity index (χ2n) is 6.98. The maximum absolute atomic E-state index is 13.5. The van der Waals surface area contributed by atoms with Gasteiger partial charge in [-0.3, -0.25) is 4.79 Å². The molecule has 2 N–H and O–H groups in total. The Balaban J connectivity index is 1.87. The molecule has 0 radical (unpaired) electrons. The van der Waals surface area contributed by atoms with E-state index in [1.165, 1.54) is 6.33 Å². The first-order chi connectivity index (χ1) is 15.5. The van der Waals surface area contributed by atoms with E-state index < -0.39 is 6.04 Å². The maximum atomic E-state index is 13.5. The number of para-hydroxylation sites is 1. The van der Waals surface area contributed by atoms with Gasteiger partial charge in [0.2, 0.25) is 5.95 Å². The molecule has 10 heteroatoms. The topological polar surface area (TPSA) is 99.5 Å². The molecule has 1 aromatic heterocycles. The molecular weight excluding hydrogens is 434 g/mol. The van der Waals surface area contributed by atoms with E-state index in [9.17, 15) is 4.79 Å². The summed E-state index contributed by atoms with van der Waals surface area (Å²) in [7, 11) is 4.64. The quantitative estimate of drug-likeness (QED) is 0.581. The average Bonchev–Trinajstić information content (AvgIpc) is 3.26. The Labute approximate surface area is 190 Å². The third-order valence-corrected chi connectivity index (χ3v) is 5.52. The zero-order chi connectivity index (χ0) is 22.8. The van der Waals surface area contributed by atoms with Crippen molar-refractivity contribution in [3.63, 3.8) is 0 Å². The van der Waals surface area contributed by atoms with Crippen molar-refractivity contribution in [2.45, 2.75) is 13.0 Å². The van der Waals surface area contributed by atoms with Gasteiger partial charge < -0.3 is 24.8 Å². The summed E-state index contributed by atoms with van der Waals surface area (Å²) in [4.78, 5) is 17.8. The molecule has 32 heavy (non-hydrogen) atoms. The molecule has 166 valence electrons. The number of allylic oxidation sites excluding steroid dienone is 1. The molecule has 1 aliphatic rings. The van der Waals surface area contributed by atoms with Crippen LogP contribution in [0.1, 0.15) is 18.5 Å².